The lowest BCUT2D eigenvalue weighted by Crippen LogP contribution is -2.48. The number of amides is 1. The number of carbonyl (C=O) groups excluding carboxylic acids is 1. The van der Waals surface area contributed by atoms with Crippen LogP contribution in [0, 0.1) is 11.8 Å². The fourth-order valence-corrected chi connectivity index (χ4v) is 1.91. The zero-order valence-electron chi connectivity index (χ0n) is 10.8. The van der Waals surface area contributed by atoms with Crippen LogP contribution in [0.3, 0.4) is 0 Å². The molecule has 1 heterocycles. The van der Waals surface area contributed by atoms with Gasteiger partial charge in [0.15, 0.2) is 0 Å². The standard InChI is InChI=1S/C13H15F3N2O2/c1-8(9-6-17-7-9)12(19)18-10-3-2-4-11(5-10)20-13(14,15)16/h2-5,8-9,17H,6-7H2,1H3,(H,18,19). The number of halogens is 3. The van der Waals surface area contributed by atoms with E-state index < -0.39 is 6.36 Å². The molecule has 1 aliphatic rings. The van der Waals surface area contributed by atoms with Crippen molar-refractivity contribution in [2.75, 3.05) is 18.4 Å². The molecule has 0 aromatic heterocycles. The molecule has 2 N–H and O–H groups in total. The van der Waals surface area contributed by atoms with Crippen LogP contribution < -0.4 is 15.4 Å². The smallest absolute Gasteiger partial charge is 0.406 e. The Morgan fingerprint density at radius 3 is 2.70 bits per heavy atom. The highest BCUT2D eigenvalue weighted by Gasteiger charge is 2.31. The van der Waals surface area contributed by atoms with Gasteiger partial charge in [-0.05, 0) is 31.1 Å². The van der Waals surface area contributed by atoms with Crippen molar-refractivity contribution in [3.05, 3.63) is 24.3 Å². The van der Waals surface area contributed by atoms with Crippen molar-refractivity contribution in [2.45, 2.75) is 13.3 Å². The first-order chi connectivity index (χ1) is 9.35. The Bertz CT molecular complexity index is 487. The minimum absolute atomic E-state index is 0.191. The Morgan fingerprint density at radius 1 is 1.45 bits per heavy atom. The van der Waals surface area contributed by atoms with Crippen LogP contribution in [0.15, 0.2) is 24.3 Å². The molecule has 2 rings (SSSR count). The quantitative estimate of drug-likeness (QED) is 0.894. The maximum Gasteiger partial charge on any atom is 0.573 e. The van der Waals surface area contributed by atoms with Crippen molar-refractivity contribution in [3.63, 3.8) is 0 Å². The molecule has 20 heavy (non-hydrogen) atoms. The SMILES string of the molecule is CC(C(=O)Nc1cccc(OC(F)(F)F)c1)C1CNC1. The van der Waals surface area contributed by atoms with Crippen LogP contribution in [0.2, 0.25) is 0 Å². The van der Waals surface area contributed by atoms with Gasteiger partial charge in [-0.2, -0.15) is 0 Å². The summed E-state index contributed by atoms with van der Waals surface area (Å²) in [6, 6.07) is 5.25. The van der Waals surface area contributed by atoms with Gasteiger partial charge >= 0.3 is 6.36 Å². The molecule has 1 atom stereocenters. The largest absolute Gasteiger partial charge is 0.573 e. The number of rotatable bonds is 4. The molecule has 4 nitrogen and oxygen atoms in total. The van der Waals surface area contributed by atoms with E-state index in [1.807, 2.05) is 0 Å². The fraction of sp³-hybridized carbons (Fsp3) is 0.462. The number of nitrogens with one attached hydrogen (secondary N) is 2. The minimum atomic E-state index is -4.74. The van der Waals surface area contributed by atoms with E-state index in [0.717, 1.165) is 19.2 Å². The average molecular weight is 288 g/mol. The van der Waals surface area contributed by atoms with E-state index >= 15 is 0 Å². The monoisotopic (exact) mass is 288 g/mol. The maximum atomic E-state index is 12.1. The van der Waals surface area contributed by atoms with Gasteiger partial charge in [0.25, 0.3) is 0 Å². The highest BCUT2D eigenvalue weighted by molar-refractivity contribution is 5.92. The molecule has 0 aliphatic carbocycles. The summed E-state index contributed by atoms with van der Waals surface area (Å²) >= 11 is 0. The van der Waals surface area contributed by atoms with Crippen LogP contribution in [0.4, 0.5) is 18.9 Å². The molecule has 0 radical (unpaired) electrons. The third kappa shape index (κ3) is 3.86. The van der Waals surface area contributed by atoms with Crippen LogP contribution in [0.5, 0.6) is 5.75 Å². The molecule has 0 spiro atoms. The summed E-state index contributed by atoms with van der Waals surface area (Å²) in [4.78, 5) is 11.9. The molecule has 110 valence electrons. The lowest BCUT2D eigenvalue weighted by molar-refractivity contribution is -0.274. The van der Waals surface area contributed by atoms with Crippen molar-refractivity contribution >= 4 is 11.6 Å². The number of hydrogen-bond donors (Lipinski definition) is 2. The fourth-order valence-electron chi connectivity index (χ4n) is 1.91. The lowest BCUT2D eigenvalue weighted by atomic mass is 9.88. The molecule has 1 unspecified atom stereocenters. The number of anilines is 1. The van der Waals surface area contributed by atoms with E-state index in [1.54, 1.807) is 6.92 Å². The highest BCUT2D eigenvalue weighted by atomic mass is 19.4. The van der Waals surface area contributed by atoms with Crippen molar-refractivity contribution in [1.29, 1.82) is 0 Å². The Labute approximate surface area is 114 Å². The zero-order chi connectivity index (χ0) is 14.8. The number of benzene rings is 1. The van der Waals surface area contributed by atoms with Crippen molar-refractivity contribution in [3.8, 4) is 5.75 Å². The predicted octanol–water partition coefficient (Wildman–Crippen LogP) is 2.38. The third-order valence-electron chi connectivity index (χ3n) is 3.27. The maximum absolute atomic E-state index is 12.1. The second-order valence-electron chi connectivity index (χ2n) is 4.77. The van der Waals surface area contributed by atoms with Gasteiger partial charge < -0.3 is 15.4 Å². The molecule has 0 bridgehead atoms. The van der Waals surface area contributed by atoms with E-state index in [9.17, 15) is 18.0 Å². The first-order valence-electron chi connectivity index (χ1n) is 6.22. The second-order valence-corrected chi connectivity index (χ2v) is 4.77. The number of hydrogen-bond acceptors (Lipinski definition) is 3. The van der Waals surface area contributed by atoms with Crippen LogP contribution in [0.25, 0.3) is 0 Å². The normalized spacial score (nSPS) is 17.2. The summed E-state index contributed by atoms with van der Waals surface area (Å²) in [5.41, 5.74) is 0.288. The average Bonchev–Trinajstić information content (AvgIpc) is 2.24. The Balaban J connectivity index is 1.98. The number of alkyl halides is 3. The molecule has 1 aliphatic heterocycles. The summed E-state index contributed by atoms with van der Waals surface area (Å²) in [6.07, 6.45) is -4.74. The second kappa shape index (κ2) is 5.70. The van der Waals surface area contributed by atoms with Gasteiger partial charge in [0.05, 0.1) is 0 Å². The first kappa shape index (κ1) is 14.6. The van der Waals surface area contributed by atoms with E-state index in [1.165, 1.54) is 18.2 Å². The Hall–Kier alpha value is -1.76. The molecular weight excluding hydrogens is 273 g/mol. The van der Waals surface area contributed by atoms with Crippen LogP contribution in [-0.4, -0.2) is 25.4 Å². The van der Waals surface area contributed by atoms with Gasteiger partial charge in [0.1, 0.15) is 5.75 Å². The van der Waals surface area contributed by atoms with Gasteiger partial charge in [-0.15, -0.1) is 13.2 Å². The van der Waals surface area contributed by atoms with Crippen LogP contribution in [0.1, 0.15) is 6.92 Å². The third-order valence-corrected chi connectivity index (χ3v) is 3.27. The van der Waals surface area contributed by atoms with E-state index in [0.29, 0.717) is 0 Å². The lowest BCUT2D eigenvalue weighted by Gasteiger charge is -2.31. The summed E-state index contributed by atoms with van der Waals surface area (Å²) in [5.74, 6) is -0.484. The zero-order valence-corrected chi connectivity index (χ0v) is 10.8. The van der Waals surface area contributed by atoms with E-state index in [2.05, 4.69) is 15.4 Å². The molecule has 0 saturated carbocycles. The van der Waals surface area contributed by atoms with Crippen LogP contribution >= 0.6 is 0 Å². The Kier molecular flexibility index (Phi) is 4.17. The number of carbonyl (C=O) groups is 1. The van der Waals surface area contributed by atoms with Gasteiger partial charge in [0.2, 0.25) is 5.91 Å². The molecule has 7 heteroatoms. The molecular formula is C13H15F3N2O2. The van der Waals surface area contributed by atoms with E-state index in [4.69, 9.17) is 0 Å². The van der Waals surface area contributed by atoms with Gasteiger partial charge in [0, 0.05) is 17.7 Å². The topological polar surface area (TPSA) is 50.4 Å². The number of ether oxygens (including phenoxy) is 1. The molecule has 1 aromatic rings. The van der Waals surface area contributed by atoms with Gasteiger partial charge in [-0.1, -0.05) is 13.0 Å². The Morgan fingerprint density at radius 2 is 2.15 bits per heavy atom. The van der Waals surface area contributed by atoms with Crippen molar-refractivity contribution < 1.29 is 22.7 Å². The highest BCUT2D eigenvalue weighted by Crippen LogP contribution is 2.26. The van der Waals surface area contributed by atoms with Gasteiger partial charge in [-0.25, -0.2) is 0 Å². The van der Waals surface area contributed by atoms with Gasteiger partial charge in [-0.3, -0.25) is 4.79 Å². The first-order valence-corrected chi connectivity index (χ1v) is 6.22. The summed E-state index contributed by atoms with van der Waals surface area (Å²) in [7, 11) is 0. The molecule has 1 aromatic carbocycles. The minimum Gasteiger partial charge on any atom is -0.406 e. The molecule has 1 fully saturated rings. The van der Waals surface area contributed by atoms with Crippen molar-refractivity contribution in [2.24, 2.45) is 11.8 Å². The van der Waals surface area contributed by atoms with Crippen LogP contribution in [-0.2, 0) is 4.79 Å². The summed E-state index contributed by atoms with van der Waals surface area (Å²) in [5, 5.41) is 5.67. The predicted molar refractivity (Wildman–Crippen MR) is 67.3 cm³/mol. The van der Waals surface area contributed by atoms with E-state index in [-0.39, 0.29) is 29.2 Å². The van der Waals surface area contributed by atoms with Crippen molar-refractivity contribution in [1.82, 2.24) is 5.32 Å². The summed E-state index contributed by atoms with van der Waals surface area (Å²) < 4.78 is 40.1. The summed E-state index contributed by atoms with van der Waals surface area (Å²) in [6.45, 7) is 3.37. The molecule has 1 amide bonds. The molecule has 1 saturated heterocycles.